The van der Waals surface area contributed by atoms with Crippen molar-refractivity contribution in [3.63, 3.8) is 0 Å². The molecule has 30 heavy (non-hydrogen) atoms. The first-order chi connectivity index (χ1) is 14.0. The Morgan fingerprint density at radius 3 is 2.37 bits per heavy atom. The van der Waals surface area contributed by atoms with Gasteiger partial charge in [-0.2, -0.15) is 0 Å². The van der Waals surface area contributed by atoms with Crippen LogP contribution in [0.5, 0.6) is 5.75 Å². The highest BCUT2D eigenvalue weighted by Gasteiger charge is 2.28. The fourth-order valence-corrected chi connectivity index (χ4v) is 2.90. The number of rotatable bonds is 7. The Morgan fingerprint density at radius 2 is 1.80 bits per heavy atom. The molecule has 162 valence electrons. The molecule has 0 spiro atoms. The zero-order valence-corrected chi connectivity index (χ0v) is 18.7. The first-order valence-electron chi connectivity index (χ1n) is 9.71. The lowest BCUT2D eigenvalue weighted by atomic mass is 10.1. The summed E-state index contributed by atoms with van der Waals surface area (Å²) < 4.78 is 18.9. The Labute approximate surface area is 182 Å². The molecule has 0 aliphatic rings. The number of nitrogens with zero attached hydrogens (tertiary/aromatic N) is 1. The van der Waals surface area contributed by atoms with Crippen molar-refractivity contribution in [2.75, 3.05) is 6.61 Å². The van der Waals surface area contributed by atoms with Crippen LogP contribution in [-0.4, -0.2) is 34.9 Å². The largest absolute Gasteiger partial charge is 0.484 e. The van der Waals surface area contributed by atoms with Crippen LogP contribution in [0.2, 0.25) is 5.02 Å². The monoisotopic (exact) mass is 434 g/mol. The number of aryl methyl sites for hydroxylation is 1. The van der Waals surface area contributed by atoms with E-state index in [9.17, 15) is 14.0 Å². The minimum absolute atomic E-state index is 0.154. The summed E-state index contributed by atoms with van der Waals surface area (Å²) in [6, 6.07) is 10.2. The van der Waals surface area contributed by atoms with Crippen molar-refractivity contribution in [1.29, 1.82) is 0 Å². The molecule has 1 atom stereocenters. The molecule has 0 aromatic heterocycles. The van der Waals surface area contributed by atoms with Gasteiger partial charge in [-0.3, -0.25) is 9.59 Å². The number of nitrogens with one attached hydrogen (secondary N) is 1. The molecule has 2 rings (SSSR count). The summed E-state index contributed by atoms with van der Waals surface area (Å²) in [4.78, 5) is 27.1. The van der Waals surface area contributed by atoms with Gasteiger partial charge in [-0.1, -0.05) is 23.7 Å². The maximum atomic E-state index is 13.3. The molecular weight excluding hydrogens is 407 g/mol. The predicted molar refractivity (Wildman–Crippen MR) is 116 cm³/mol. The SMILES string of the molecule is Cc1cc(OCC(=O)N(Cc2ccc(F)cc2)C(C)C(=O)NC(C)(C)C)ccc1Cl. The second kappa shape index (κ2) is 9.94. The van der Waals surface area contributed by atoms with Crippen molar-refractivity contribution in [2.24, 2.45) is 0 Å². The van der Waals surface area contributed by atoms with Crippen molar-refractivity contribution in [3.05, 3.63) is 64.4 Å². The molecule has 0 bridgehead atoms. The van der Waals surface area contributed by atoms with E-state index in [1.54, 1.807) is 37.3 Å². The minimum atomic E-state index is -0.739. The molecule has 2 aromatic carbocycles. The van der Waals surface area contributed by atoms with Crippen molar-refractivity contribution >= 4 is 23.4 Å². The van der Waals surface area contributed by atoms with Crippen molar-refractivity contribution in [2.45, 2.75) is 52.7 Å². The number of carbonyl (C=O) groups excluding carboxylic acids is 2. The van der Waals surface area contributed by atoms with Crippen LogP contribution in [0.3, 0.4) is 0 Å². The van der Waals surface area contributed by atoms with Gasteiger partial charge in [0.2, 0.25) is 5.91 Å². The maximum Gasteiger partial charge on any atom is 0.261 e. The highest BCUT2D eigenvalue weighted by molar-refractivity contribution is 6.31. The minimum Gasteiger partial charge on any atom is -0.484 e. The normalized spacial score (nSPS) is 12.2. The summed E-state index contributed by atoms with van der Waals surface area (Å²) in [6.07, 6.45) is 0. The van der Waals surface area contributed by atoms with Crippen LogP contribution in [0, 0.1) is 12.7 Å². The van der Waals surface area contributed by atoms with E-state index in [1.807, 2.05) is 27.7 Å². The third-order valence-electron chi connectivity index (χ3n) is 4.42. The van der Waals surface area contributed by atoms with Gasteiger partial charge in [0.25, 0.3) is 5.91 Å². The fourth-order valence-electron chi connectivity index (χ4n) is 2.78. The van der Waals surface area contributed by atoms with Crippen LogP contribution >= 0.6 is 11.6 Å². The number of carbonyl (C=O) groups is 2. The van der Waals surface area contributed by atoms with E-state index < -0.39 is 11.6 Å². The van der Waals surface area contributed by atoms with Crippen molar-refractivity contribution in [1.82, 2.24) is 10.2 Å². The average molecular weight is 435 g/mol. The van der Waals surface area contributed by atoms with Crippen LogP contribution in [0.1, 0.15) is 38.8 Å². The van der Waals surface area contributed by atoms with Crippen LogP contribution in [-0.2, 0) is 16.1 Å². The summed E-state index contributed by atoms with van der Waals surface area (Å²) in [5.41, 5.74) is 1.11. The Balaban J connectivity index is 2.17. The molecule has 7 heteroatoms. The molecule has 0 aliphatic heterocycles. The number of amides is 2. The molecule has 0 heterocycles. The van der Waals surface area contributed by atoms with Crippen molar-refractivity contribution < 1.29 is 18.7 Å². The number of halogens is 2. The summed E-state index contributed by atoms with van der Waals surface area (Å²) in [7, 11) is 0. The van der Waals surface area contributed by atoms with Gasteiger partial charge in [-0.25, -0.2) is 4.39 Å². The second-order valence-corrected chi connectivity index (χ2v) is 8.67. The molecule has 2 amide bonds. The molecule has 0 saturated carbocycles. The van der Waals surface area contributed by atoms with Crippen LogP contribution < -0.4 is 10.1 Å². The van der Waals surface area contributed by atoms with E-state index in [0.717, 1.165) is 5.56 Å². The third kappa shape index (κ3) is 7.02. The Kier molecular flexibility index (Phi) is 7.84. The summed E-state index contributed by atoms with van der Waals surface area (Å²) in [5, 5.41) is 3.50. The lowest BCUT2D eigenvalue weighted by molar-refractivity contribution is -0.142. The van der Waals surface area contributed by atoms with E-state index in [1.165, 1.54) is 17.0 Å². The van der Waals surface area contributed by atoms with Gasteiger partial charge in [0, 0.05) is 17.1 Å². The average Bonchev–Trinajstić information content (AvgIpc) is 2.66. The molecule has 5 nitrogen and oxygen atoms in total. The van der Waals surface area contributed by atoms with E-state index in [4.69, 9.17) is 16.3 Å². The highest BCUT2D eigenvalue weighted by atomic mass is 35.5. The van der Waals surface area contributed by atoms with E-state index in [-0.39, 0.29) is 30.8 Å². The molecule has 0 radical (unpaired) electrons. The van der Waals surface area contributed by atoms with Gasteiger partial charge in [-0.15, -0.1) is 0 Å². The van der Waals surface area contributed by atoms with Crippen LogP contribution in [0.25, 0.3) is 0 Å². The first kappa shape index (κ1) is 23.7. The number of ether oxygens (including phenoxy) is 1. The third-order valence-corrected chi connectivity index (χ3v) is 4.85. The second-order valence-electron chi connectivity index (χ2n) is 8.26. The summed E-state index contributed by atoms with van der Waals surface area (Å²) in [5.74, 6) is -0.487. The number of hydrogen-bond donors (Lipinski definition) is 1. The van der Waals surface area contributed by atoms with Crippen molar-refractivity contribution in [3.8, 4) is 5.75 Å². The molecular formula is C23H28ClFN2O3. The molecule has 2 aromatic rings. The molecule has 0 saturated heterocycles. The summed E-state index contributed by atoms with van der Waals surface area (Å²) >= 11 is 6.02. The Bertz CT molecular complexity index is 894. The zero-order valence-electron chi connectivity index (χ0n) is 18.0. The number of benzene rings is 2. The van der Waals surface area contributed by atoms with Gasteiger partial charge in [0.1, 0.15) is 17.6 Å². The predicted octanol–water partition coefficient (Wildman–Crippen LogP) is 4.50. The Morgan fingerprint density at radius 1 is 1.17 bits per heavy atom. The first-order valence-corrected chi connectivity index (χ1v) is 10.1. The topological polar surface area (TPSA) is 58.6 Å². The fraction of sp³-hybridized carbons (Fsp3) is 0.391. The van der Waals surface area contributed by atoms with E-state index >= 15 is 0 Å². The van der Waals surface area contributed by atoms with Gasteiger partial charge in [-0.05, 0) is 76.1 Å². The quantitative estimate of drug-likeness (QED) is 0.698. The lowest BCUT2D eigenvalue weighted by Crippen LogP contribution is -2.53. The van der Waals surface area contributed by atoms with Gasteiger partial charge >= 0.3 is 0 Å². The molecule has 0 aliphatic carbocycles. The van der Waals surface area contributed by atoms with Crippen LogP contribution in [0.15, 0.2) is 42.5 Å². The Hall–Kier alpha value is -2.60. The van der Waals surface area contributed by atoms with E-state index in [0.29, 0.717) is 16.3 Å². The van der Waals surface area contributed by atoms with Gasteiger partial charge in [0.15, 0.2) is 6.61 Å². The standard InChI is InChI=1S/C23H28ClFN2O3/c1-15-12-19(10-11-20(15)24)30-14-21(28)27(13-17-6-8-18(25)9-7-17)16(2)22(29)26-23(3,4)5/h6-12,16H,13-14H2,1-5H3,(H,26,29). The smallest absolute Gasteiger partial charge is 0.261 e. The lowest BCUT2D eigenvalue weighted by Gasteiger charge is -2.31. The summed E-state index contributed by atoms with van der Waals surface area (Å²) in [6.45, 7) is 9.03. The van der Waals surface area contributed by atoms with E-state index in [2.05, 4.69) is 5.32 Å². The number of hydrogen-bond acceptors (Lipinski definition) is 3. The van der Waals surface area contributed by atoms with Gasteiger partial charge in [0.05, 0.1) is 0 Å². The van der Waals surface area contributed by atoms with Crippen LogP contribution in [0.4, 0.5) is 4.39 Å². The highest BCUT2D eigenvalue weighted by Crippen LogP contribution is 2.21. The molecule has 0 fully saturated rings. The molecule has 1 N–H and O–H groups in total. The zero-order chi connectivity index (χ0) is 22.5. The molecule has 1 unspecified atom stereocenters. The van der Waals surface area contributed by atoms with Gasteiger partial charge < -0.3 is 15.0 Å². The maximum absolute atomic E-state index is 13.3.